The summed E-state index contributed by atoms with van der Waals surface area (Å²) in [4.78, 5) is 4.14. The molecule has 0 saturated heterocycles. The normalized spacial score (nSPS) is 10.2. The van der Waals surface area contributed by atoms with Crippen molar-refractivity contribution in [3.05, 3.63) is 52.3 Å². The largest absolute Gasteiger partial charge is 0.485 e. The first-order chi connectivity index (χ1) is 8.16. The van der Waals surface area contributed by atoms with Crippen molar-refractivity contribution in [3.8, 4) is 5.75 Å². The highest BCUT2D eigenvalue weighted by atomic mass is 35.5. The molecule has 3 nitrogen and oxygen atoms in total. The number of pyridine rings is 1. The molecule has 1 aromatic heterocycles. The van der Waals surface area contributed by atoms with Crippen molar-refractivity contribution in [2.75, 3.05) is 5.73 Å². The van der Waals surface area contributed by atoms with Crippen LogP contribution in [0.25, 0.3) is 0 Å². The third-order valence-corrected chi connectivity index (χ3v) is 2.88. The van der Waals surface area contributed by atoms with E-state index in [1.165, 1.54) is 0 Å². The van der Waals surface area contributed by atoms with E-state index in [1.807, 2.05) is 18.2 Å². The fraction of sp³-hybridized carbons (Fsp3) is 0.0833. The number of aromatic nitrogens is 1. The zero-order valence-electron chi connectivity index (χ0n) is 8.86. The van der Waals surface area contributed by atoms with Gasteiger partial charge in [0.05, 0.1) is 21.4 Å². The second-order valence-electron chi connectivity index (χ2n) is 3.41. The van der Waals surface area contributed by atoms with Crippen LogP contribution in [0.2, 0.25) is 10.0 Å². The number of rotatable bonds is 3. The van der Waals surface area contributed by atoms with Gasteiger partial charge in [-0.05, 0) is 18.2 Å². The molecular weight excluding hydrogens is 259 g/mol. The molecule has 0 bridgehead atoms. The Morgan fingerprint density at radius 2 is 1.94 bits per heavy atom. The molecule has 0 aliphatic rings. The van der Waals surface area contributed by atoms with Gasteiger partial charge < -0.3 is 10.5 Å². The molecule has 88 valence electrons. The summed E-state index contributed by atoms with van der Waals surface area (Å²) in [5.41, 5.74) is 7.04. The third-order valence-electron chi connectivity index (χ3n) is 2.15. The van der Waals surface area contributed by atoms with Gasteiger partial charge in [0.2, 0.25) is 0 Å². The molecular formula is C12H10Cl2N2O. The zero-order chi connectivity index (χ0) is 12.3. The first kappa shape index (κ1) is 12.0. The molecule has 2 aromatic rings. The molecule has 0 spiro atoms. The molecule has 2 rings (SSSR count). The molecule has 0 radical (unpaired) electrons. The lowest BCUT2D eigenvalue weighted by molar-refractivity contribution is 0.303. The fourth-order valence-electron chi connectivity index (χ4n) is 1.30. The Morgan fingerprint density at radius 3 is 2.65 bits per heavy atom. The lowest BCUT2D eigenvalue weighted by Crippen LogP contribution is -2.00. The maximum absolute atomic E-state index is 5.88. The average molecular weight is 269 g/mol. The van der Waals surface area contributed by atoms with Crippen LogP contribution in [-0.2, 0) is 6.61 Å². The monoisotopic (exact) mass is 268 g/mol. The number of ether oxygens (including phenoxy) is 1. The van der Waals surface area contributed by atoms with Crippen LogP contribution in [0.3, 0.4) is 0 Å². The van der Waals surface area contributed by atoms with Crippen molar-refractivity contribution in [1.29, 1.82) is 0 Å². The highest BCUT2D eigenvalue weighted by Gasteiger charge is 2.06. The molecule has 5 heteroatoms. The van der Waals surface area contributed by atoms with Gasteiger partial charge in [-0.25, -0.2) is 0 Å². The molecule has 0 atom stereocenters. The maximum Gasteiger partial charge on any atom is 0.144 e. The summed E-state index contributed by atoms with van der Waals surface area (Å²) in [6.07, 6.45) is 1.71. The fourth-order valence-corrected chi connectivity index (χ4v) is 1.63. The first-order valence-electron chi connectivity index (χ1n) is 4.94. The van der Waals surface area contributed by atoms with Gasteiger partial charge in [-0.2, -0.15) is 0 Å². The van der Waals surface area contributed by atoms with Crippen LogP contribution in [0, 0.1) is 0 Å². The lowest BCUT2D eigenvalue weighted by atomic mass is 10.3. The van der Waals surface area contributed by atoms with E-state index in [2.05, 4.69) is 4.98 Å². The number of anilines is 1. The van der Waals surface area contributed by atoms with Crippen LogP contribution >= 0.6 is 23.2 Å². The summed E-state index contributed by atoms with van der Waals surface area (Å²) < 4.78 is 5.53. The van der Waals surface area contributed by atoms with Crippen LogP contribution in [0.1, 0.15) is 5.69 Å². The third kappa shape index (κ3) is 3.02. The summed E-state index contributed by atoms with van der Waals surface area (Å²) in [6.45, 7) is 0.336. The van der Waals surface area contributed by atoms with Gasteiger partial charge in [-0.1, -0.05) is 29.3 Å². The van der Waals surface area contributed by atoms with E-state index in [-0.39, 0.29) is 0 Å². The number of hydrogen-bond donors (Lipinski definition) is 1. The molecule has 1 aromatic carbocycles. The van der Waals surface area contributed by atoms with E-state index in [4.69, 9.17) is 33.7 Å². The first-order valence-corrected chi connectivity index (χ1v) is 5.69. The second kappa shape index (κ2) is 5.25. The van der Waals surface area contributed by atoms with Crippen LogP contribution in [-0.4, -0.2) is 4.98 Å². The topological polar surface area (TPSA) is 48.1 Å². The number of nitrogen functional groups attached to an aromatic ring is 1. The summed E-state index contributed by atoms with van der Waals surface area (Å²) in [5, 5.41) is 0.825. The molecule has 0 amide bonds. The lowest BCUT2D eigenvalue weighted by Gasteiger charge is -2.09. The molecule has 0 unspecified atom stereocenters. The van der Waals surface area contributed by atoms with Gasteiger partial charge in [-0.15, -0.1) is 0 Å². The van der Waals surface area contributed by atoms with Crippen molar-refractivity contribution in [3.63, 3.8) is 0 Å². The summed E-state index contributed by atoms with van der Waals surface area (Å²) in [6, 6.07) is 8.77. The summed E-state index contributed by atoms with van der Waals surface area (Å²) >= 11 is 11.7. The van der Waals surface area contributed by atoms with E-state index in [1.54, 1.807) is 18.3 Å². The Morgan fingerprint density at radius 1 is 1.18 bits per heavy atom. The van der Waals surface area contributed by atoms with E-state index in [0.717, 1.165) is 5.69 Å². The SMILES string of the molecule is Nc1cc(Cl)c(Cl)cc1OCc1ccccn1. The maximum atomic E-state index is 5.88. The van der Waals surface area contributed by atoms with Crippen molar-refractivity contribution < 1.29 is 4.74 Å². The Bertz CT molecular complexity index is 517. The minimum absolute atomic E-state index is 0.336. The highest BCUT2D eigenvalue weighted by Crippen LogP contribution is 2.32. The van der Waals surface area contributed by atoms with Gasteiger partial charge >= 0.3 is 0 Å². The van der Waals surface area contributed by atoms with Gasteiger partial charge in [0.25, 0.3) is 0 Å². The van der Waals surface area contributed by atoms with Crippen LogP contribution < -0.4 is 10.5 Å². The number of halogens is 2. The summed E-state index contributed by atoms with van der Waals surface area (Å²) in [7, 11) is 0. The number of benzene rings is 1. The smallest absolute Gasteiger partial charge is 0.144 e. The standard InChI is InChI=1S/C12H10Cl2N2O/c13-9-5-11(15)12(6-10(9)14)17-7-8-3-1-2-4-16-8/h1-6H,7,15H2. The predicted octanol–water partition coefficient (Wildman–Crippen LogP) is 3.55. The minimum atomic E-state index is 0.336. The second-order valence-corrected chi connectivity index (χ2v) is 4.23. The highest BCUT2D eigenvalue weighted by molar-refractivity contribution is 6.42. The number of nitrogens with two attached hydrogens (primary N) is 1. The van der Waals surface area contributed by atoms with E-state index in [9.17, 15) is 0 Å². The van der Waals surface area contributed by atoms with E-state index < -0.39 is 0 Å². The molecule has 0 fully saturated rings. The molecule has 0 aliphatic carbocycles. The average Bonchev–Trinajstić information content (AvgIpc) is 2.33. The molecule has 1 heterocycles. The Kier molecular flexibility index (Phi) is 3.71. The molecule has 0 aliphatic heterocycles. The van der Waals surface area contributed by atoms with Crippen molar-refractivity contribution in [1.82, 2.24) is 4.98 Å². The van der Waals surface area contributed by atoms with Gasteiger partial charge in [0.1, 0.15) is 12.4 Å². The Balaban J connectivity index is 2.12. The van der Waals surface area contributed by atoms with Gasteiger partial charge in [0.15, 0.2) is 0 Å². The van der Waals surface area contributed by atoms with Crippen LogP contribution in [0.4, 0.5) is 5.69 Å². The number of hydrogen-bond acceptors (Lipinski definition) is 3. The molecule has 0 saturated carbocycles. The van der Waals surface area contributed by atoms with Crippen LogP contribution in [0.5, 0.6) is 5.75 Å². The van der Waals surface area contributed by atoms with Gasteiger partial charge in [0, 0.05) is 12.3 Å². The van der Waals surface area contributed by atoms with Crippen molar-refractivity contribution >= 4 is 28.9 Å². The minimum Gasteiger partial charge on any atom is -0.485 e. The van der Waals surface area contributed by atoms with E-state index in [0.29, 0.717) is 28.1 Å². The van der Waals surface area contributed by atoms with Crippen LogP contribution in [0.15, 0.2) is 36.5 Å². The zero-order valence-corrected chi connectivity index (χ0v) is 10.4. The van der Waals surface area contributed by atoms with Crippen molar-refractivity contribution in [2.24, 2.45) is 0 Å². The Hall–Kier alpha value is -1.45. The van der Waals surface area contributed by atoms with E-state index >= 15 is 0 Å². The predicted molar refractivity (Wildman–Crippen MR) is 69.4 cm³/mol. The Labute approximate surface area is 109 Å². The van der Waals surface area contributed by atoms with Crippen molar-refractivity contribution in [2.45, 2.75) is 6.61 Å². The summed E-state index contributed by atoms with van der Waals surface area (Å²) in [5.74, 6) is 0.505. The molecule has 17 heavy (non-hydrogen) atoms. The quantitative estimate of drug-likeness (QED) is 0.867. The molecule has 2 N–H and O–H groups in total. The number of nitrogens with zero attached hydrogens (tertiary/aromatic N) is 1. The van der Waals surface area contributed by atoms with Gasteiger partial charge in [-0.3, -0.25) is 4.98 Å².